The molecule has 0 aromatic heterocycles. The van der Waals surface area contributed by atoms with Gasteiger partial charge in [-0.2, -0.15) is 0 Å². The Morgan fingerprint density at radius 2 is 2.43 bits per heavy atom. The molecule has 3 N–H and O–H groups in total. The molecule has 0 bridgehead atoms. The molecule has 1 rings (SSSR count). The number of ether oxygens (including phenoxy) is 2. The van der Waals surface area contributed by atoms with Crippen LogP contribution in [0.3, 0.4) is 0 Å². The first-order valence-electron chi connectivity index (χ1n) is 5.23. The van der Waals surface area contributed by atoms with Gasteiger partial charge in [0.2, 0.25) is 0 Å². The highest BCUT2D eigenvalue weighted by atomic mass is 16.5. The molecule has 0 amide bonds. The SMILES string of the molecule is CC(N)(CO)CCOCC1CCCO1. The van der Waals surface area contributed by atoms with Gasteiger partial charge in [0.05, 0.1) is 19.3 Å². The molecule has 14 heavy (non-hydrogen) atoms. The van der Waals surface area contributed by atoms with Gasteiger partial charge in [-0.15, -0.1) is 0 Å². The zero-order chi connectivity index (χ0) is 10.4. The maximum atomic E-state index is 8.90. The van der Waals surface area contributed by atoms with Crippen LogP contribution in [-0.4, -0.2) is 43.2 Å². The van der Waals surface area contributed by atoms with Crippen LogP contribution in [0.4, 0.5) is 0 Å². The Kier molecular flexibility index (Phi) is 4.81. The number of hydrogen-bond acceptors (Lipinski definition) is 4. The predicted molar refractivity (Wildman–Crippen MR) is 54.1 cm³/mol. The molecule has 0 radical (unpaired) electrons. The summed E-state index contributed by atoms with van der Waals surface area (Å²) in [4.78, 5) is 0. The molecule has 1 fully saturated rings. The largest absolute Gasteiger partial charge is 0.394 e. The third-order valence-electron chi connectivity index (χ3n) is 2.51. The molecule has 0 aromatic carbocycles. The molecule has 4 nitrogen and oxygen atoms in total. The van der Waals surface area contributed by atoms with Crippen molar-refractivity contribution in [1.82, 2.24) is 0 Å². The standard InChI is InChI=1S/C10H21NO3/c1-10(11,8-12)4-6-13-7-9-3-2-5-14-9/h9,12H,2-8,11H2,1H3. The van der Waals surface area contributed by atoms with E-state index in [9.17, 15) is 0 Å². The lowest BCUT2D eigenvalue weighted by Gasteiger charge is -2.21. The first-order valence-corrected chi connectivity index (χ1v) is 5.23. The molecule has 2 unspecified atom stereocenters. The van der Waals surface area contributed by atoms with Gasteiger partial charge in [-0.25, -0.2) is 0 Å². The highest BCUT2D eigenvalue weighted by Gasteiger charge is 2.18. The summed E-state index contributed by atoms with van der Waals surface area (Å²) in [5, 5.41) is 8.90. The van der Waals surface area contributed by atoms with E-state index in [0.717, 1.165) is 19.4 Å². The van der Waals surface area contributed by atoms with Gasteiger partial charge >= 0.3 is 0 Å². The Labute approximate surface area is 85.4 Å². The van der Waals surface area contributed by atoms with E-state index >= 15 is 0 Å². The molecule has 0 spiro atoms. The second kappa shape index (κ2) is 5.66. The minimum atomic E-state index is -0.517. The third kappa shape index (κ3) is 4.37. The van der Waals surface area contributed by atoms with Gasteiger partial charge in [0, 0.05) is 18.8 Å². The van der Waals surface area contributed by atoms with E-state index < -0.39 is 5.54 Å². The van der Waals surface area contributed by atoms with Crippen LogP contribution >= 0.6 is 0 Å². The number of hydrogen-bond donors (Lipinski definition) is 2. The topological polar surface area (TPSA) is 64.7 Å². The predicted octanol–water partition coefficient (Wildman–Crippen LogP) is 0.282. The summed E-state index contributed by atoms with van der Waals surface area (Å²) < 4.78 is 10.8. The third-order valence-corrected chi connectivity index (χ3v) is 2.51. The molecule has 1 saturated heterocycles. The average Bonchev–Trinajstić information content (AvgIpc) is 2.65. The van der Waals surface area contributed by atoms with Crippen LogP contribution in [-0.2, 0) is 9.47 Å². The van der Waals surface area contributed by atoms with E-state index in [-0.39, 0.29) is 12.7 Å². The number of aliphatic hydroxyl groups excluding tert-OH is 1. The average molecular weight is 203 g/mol. The summed E-state index contributed by atoms with van der Waals surface area (Å²) in [5.41, 5.74) is 5.23. The van der Waals surface area contributed by atoms with Crippen LogP contribution in [0.25, 0.3) is 0 Å². The minimum Gasteiger partial charge on any atom is -0.394 e. The summed E-state index contributed by atoms with van der Waals surface area (Å²) in [6.45, 7) is 3.92. The second-order valence-corrected chi connectivity index (χ2v) is 4.27. The van der Waals surface area contributed by atoms with Crippen LogP contribution < -0.4 is 5.73 Å². The van der Waals surface area contributed by atoms with E-state index in [1.807, 2.05) is 6.92 Å². The fourth-order valence-corrected chi connectivity index (χ4v) is 1.37. The van der Waals surface area contributed by atoms with Gasteiger partial charge in [0.1, 0.15) is 0 Å². The molecule has 0 saturated carbocycles. The first kappa shape index (κ1) is 11.9. The van der Waals surface area contributed by atoms with Crippen molar-refractivity contribution in [3.8, 4) is 0 Å². The molecule has 0 aliphatic carbocycles. The Balaban J connectivity index is 1.98. The summed E-state index contributed by atoms with van der Waals surface area (Å²) in [6.07, 6.45) is 3.18. The van der Waals surface area contributed by atoms with Crippen molar-refractivity contribution in [2.45, 2.75) is 37.8 Å². The van der Waals surface area contributed by atoms with Crippen LogP contribution in [0.5, 0.6) is 0 Å². The molecule has 2 atom stereocenters. The van der Waals surface area contributed by atoms with Crippen molar-refractivity contribution in [3.05, 3.63) is 0 Å². The van der Waals surface area contributed by atoms with E-state index in [0.29, 0.717) is 19.6 Å². The fourth-order valence-electron chi connectivity index (χ4n) is 1.37. The molecule has 1 aliphatic rings. The van der Waals surface area contributed by atoms with Crippen molar-refractivity contribution in [2.24, 2.45) is 5.73 Å². The van der Waals surface area contributed by atoms with Gasteiger partial charge in [-0.05, 0) is 26.2 Å². The van der Waals surface area contributed by atoms with Crippen molar-refractivity contribution >= 4 is 0 Å². The summed E-state index contributed by atoms with van der Waals surface area (Å²) in [7, 11) is 0. The second-order valence-electron chi connectivity index (χ2n) is 4.27. The van der Waals surface area contributed by atoms with Crippen LogP contribution in [0.15, 0.2) is 0 Å². The van der Waals surface area contributed by atoms with Gasteiger partial charge in [-0.1, -0.05) is 0 Å². The quantitative estimate of drug-likeness (QED) is 0.609. The Hall–Kier alpha value is -0.160. The maximum absolute atomic E-state index is 8.90. The Morgan fingerprint density at radius 1 is 1.64 bits per heavy atom. The van der Waals surface area contributed by atoms with E-state index in [4.69, 9.17) is 20.3 Å². The van der Waals surface area contributed by atoms with Gasteiger partial charge < -0.3 is 20.3 Å². The van der Waals surface area contributed by atoms with Crippen molar-refractivity contribution in [1.29, 1.82) is 0 Å². The van der Waals surface area contributed by atoms with Crippen LogP contribution in [0, 0.1) is 0 Å². The molecular weight excluding hydrogens is 182 g/mol. The lowest BCUT2D eigenvalue weighted by atomic mass is 10.0. The zero-order valence-corrected chi connectivity index (χ0v) is 8.87. The molecule has 84 valence electrons. The number of rotatable bonds is 6. The zero-order valence-electron chi connectivity index (χ0n) is 8.87. The Bertz CT molecular complexity index is 155. The number of aliphatic hydroxyl groups is 1. The van der Waals surface area contributed by atoms with Crippen molar-refractivity contribution < 1.29 is 14.6 Å². The van der Waals surface area contributed by atoms with E-state index in [2.05, 4.69) is 0 Å². The molecule has 1 heterocycles. The molecule has 1 aliphatic heterocycles. The lowest BCUT2D eigenvalue weighted by Crippen LogP contribution is -2.41. The highest BCUT2D eigenvalue weighted by Crippen LogP contribution is 2.12. The van der Waals surface area contributed by atoms with Crippen LogP contribution in [0.2, 0.25) is 0 Å². The van der Waals surface area contributed by atoms with Gasteiger partial charge in [-0.3, -0.25) is 0 Å². The monoisotopic (exact) mass is 203 g/mol. The van der Waals surface area contributed by atoms with Crippen molar-refractivity contribution in [3.63, 3.8) is 0 Å². The minimum absolute atomic E-state index is 0.00368. The van der Waals surface area contributed by atoms with Gasteiger partial charge in [0.15, 0.2) is 0 Å². The summed E-state index contributed by atoms with van der Waals surface area (Å²) >= 11 is 0. The highest BCUT2D eigenvalue weighted by molar-refractivity contribution is 4.76. The fraction of sp³-hybridized carbons (Fsp3) is 1.00. The van der Waals surface area contributed by atoms with Gasteiger partial charge in [0.25, 0.3) is 0 Å². The number of nitrogens with two attached hydrogens (primary N) is 1. The molecule has 0 aromatic rings. The molecule has 4 heteroatoms. The summed E-state index contributed by atoms with van der Waals surface area (Å²) in [6, 6.07) is 0. The van der Waals surface area contributed by atoms with E-state index in [1.165, 1.54) is 0 Å². The van der Waals surface area contributed by atoms with Crippen LogP contribution in [0.1, 0.15) is 26.2 Å². The lowest BCUT2D eigenvalue weighted by molar-refractivity contribution is 0.0101. The smallest absolute Gasteiger partial charge is 0.0809 e. The first-order chi connectivity index (χ1) is 6.64. The summed E-state index contributed by atoms with van der Waals surface area (Å²) in [5.74, 6) is 0. The maximum Gasteiger partial charge on any atom is 0.0809 e. The van der Waals surface area contributed by atoms with Crippen molar-refractivity contribution in [2.75, 3.05) is 26.4 Å². The van der Waals surface area contributed by atoms with E-state index in [1.54, 1.807) is 0 Å². The normalized spacial score (nSPS) is 26.4. The molecular formula is C10H21NO3. The Morgan fingerprint density at radius 3 is 3.00 bits per heavy atom.